The molecule has 1 fully saturated rings. The molecule has 7 heteroatoms. The first-order valence-corrected chi connectivity index (χ1v) is 11.5. The highest BCUT2D eigenvalue weighted by Crippen LogP contribution is 2.33. The van der Waals surface area contributed by atoms with Crippen LogP contribution in [0.15, 0.2) is 53.6 Å². The number of sulfonamides is 1. The molecule has 3 aromatic rings. The number of hydrogen-bond acceptors (Lipinski definition) is 5. The molecule has 154 valence electrons. The van der Waals surface area contributed by atoms with Gasteiger partial charge >= 0.3 is 0 Å². The van der Waals surface area contributed by atoms with Crippen LogP contribution in [0.2, 0.25) is 0 Å². The van der Waals surface area contributed by atoms with Crippen LogP contribution in [-0.4, -0.2) is 32.5 Å². The molecule has 6 nitrogen and oxygen atoms in total. The third-order valence-electron chi connectivity index (χ3n) is 5.58. The van der Waals surface area contributed by atoms with Crippen molar-refractivity contribution in [2.75, 3.05) is 18.0 Å². The van der Waals surface area contributed by atoms with Crippen molar-refractivity contribution in [2.45, 2.75) is 37.6 Å². The van der Waals surface area contributed by atoms with Gasteiger partial charge in [-0.25, -0.2) is 13.1 Å². The molecule has 0 unspecified atom stereocenters. The molecule has 2 heterocycles. The molecule has 1 aliphatic rings. The fourth-order valence-electron chi connectivity index (χ4n) is 4.18. The Labute approximate surface area is 177 Å². The van der Waals surface area contributed by atoms with E-state index in [4.69, 9.17) is 0 Å². The second-order valence-corrected chi connectivity index (χ2v) is 9.52. The summed E-state index contributed by atoms with van der Waals surface area (Å²) in [6.07, 6.45) is 2.99. The zero-order valence-corrected chi connectivity index (χ0v) is 17.9. The Morgan fingerprint density at radius 2 is 1.83 bits per heavy atom. The molecule has 1 aliphatic heterocycles. The Kier molecular flexibility index (Phi) is 5.46. The van der Waals surface area contributed by atoms with Crippen LogP contribution in [0.1, 0.15) is 29.5 Å². The summed E-state index contributed by atoms with van der Waals surface area (Å²) < 4.78 is 28.1. The van der Waals surface area contributed by atoms with Gasteiger partial charge in [-0.1, -0.05) is 29.8 Å². The van der Waals surface area contributed by atoms with Crippen molar-refractivity contribution in [3.8, 4) is 6.07 Å². The molecule has 4 rings (SSSR count). The summed E-state index contributed by atoms with van der Waals surface area (Å²) in [5.74, 6) is 0. The van der Waals surface area contributed by atoms with Crippen LogP contribution in [-0.2, 0) is 10.0 Å². The van der Waals surface area contributed by atoms with Crippen LogP contribution in [0.3, 0.4) is 0 Å². The second kappa shape index (κ2) is 8.05. The van der Waals surface area contributed by atoms with Crippen LogP contribution in [0.5, 0.6) is 0 Å². The standard InChI is InChI=1S/C23H24N4O2S/c1-16-12-17(2)22-21(13-16)23(18(14-24)15-25-22)27-10-8-19(9-11-27)26-30(28,29)20-6-4-3-5-7-20/h3-7,12-13,15,19,26H,8-11H2,1-2H3. The topological polar surface area (TPSA) is 86.1 Å². The molecule has 0 radical (unpaired) electrons. The van der Waals surface area contributed by atoms with Crippen LogP contribution in [0.4, 0.5) is 5.69 Å². The monoisotopic (exact) mass is 420 g/mol. The van der Waals surface area contributed by atoms with Crippen molar-refractivity contribution >= 4 is 26.6 Å². The average Bonchev–Trinajstić information content (AvgIpc) is 2.74. The van der Waals surface area contributed by atoms with Gasteiger partial charge in [-0.3, -0.25) is 4.98 Å². The van der Waals surface area contributed by atoms with E-state index in [0.717, 1.165) is 27.7 Å². The largest absolute Gasteiger partial charge is 0.370 e. The number of benzene rings is 2. The van der Waals surface area contributed by atoms with E-state index in [1.807, 2.05) is 13.8 Å². The van der Waals surface area contributed by atoms with E-state index < -0.39 is 10.0 Å². The zero-order valence-electron chi connectivity index (χ0n) is 17.1. The highest BCUT2D eigenvalue weighted by atomic mass is 32.2. The highest BCUT2D eigenvalue weighted by molar-refractivity contribution is 7.89. The van der Waals surface area contributed by atoms with Crippen molar-refractivity contribution < 1.29 is 8.42 Å². The van der Waals surface area contributed by atoms with E-state index in [1.165, 1.54) is 0 Å². The van der Waals surface area contributed by atoms with Gasteiger partial charge in [0.25, 0.3) is 0 Å². The van der Waals surface area contributed by atoms with Crippen LogP contribution >= 0.6 is 0 Å². The maximum atomic E-state index is 12.6. The summed E-state index contributed by atoms with van der Waals surface area (Å²) in [7, 11) is -3.53. The lowest BCUT2D eigenvalue weighted by Gasteiger charge is -2.35. The number of aryl methyl sites for hydroxylation is 2. The lowest BCUT2D eigenvalue weighted by atomic mass is 10.00. The van der Waals surface area contributed by atoms with Crippen LogP contribution in [0, 0.1) is 25.2 Å². The van der Waals surface area contributed by atoms with Crippen molar-refractivity contribution in [1.29, 1.82) is 5.26 Å². The fraction of sp³-hybridized carbons (Fsp3) is 0.304. The highest BCUT2D eigenvalue weighted by Gasteiger charge is 2.27. The third-order valence-corrected chi connectivity index (χ3v) is 7.12. The zero-order chi connectivity index (χ0) is 21.3. The molecule has 0 atom stereocenters. The molecule has 0 bridgehead atoms. The molecular weight excluding hydrogens is 396 g/mol. The summed E-state index contributed by atoms with van der Waals surface area (Å²) in [5, 5.41) is 10.7. The molecule has 1 aromatic heterocycles. The molecular formula is C23H24N4O2S. The van der Waals surface area contributed by atoms with Gasteiger partial charge in [-0.2, -0.15) is 5.26 Å². The molecule has 0 amide bonds. The third kappa shape index (κ3) is 3.89. The average molecular weight is 421 g/mol. The van der Waals surface area contributed by atoms with Gasteiger partial charge < -0.3 is 4.90 Å². The normalized spacial score (nSPS) is 15.3. The van der Waals surface area contributed by atoms with E-state index >= 15 is 0 Å². The van der Waals surface area contributed by atoms with E-state index in [0.29, 0.717) is 31.5 Å². The minimum atomic E-state index is -3.53. The number of nitriles is 1. The SMILES string of the molecule is Cc1cc(C)c2ncc(C#N)c(N3CCC(NS(=O)(=O)c4ccccc4)CC3)c2c1. The summed E-state index contributed by atoms with van der Waals surface area (Å²) in [6.45, 7) is 5.41. The minimum absolute atomic E-state index is 0.131. The number of pyridine rings is 1. The molecule has 0 saturated carbocycles. The van der Waals surface area contributed by atoms with E-state index in [9.17, 15) is 13.7 Å². The fourth-order valence-corrected chi connectivity index (χ4v) is 5.50. The summed E-state index contributed by atoms with van der Waals surface area (Å²) >= 11 is 0. The minimum Gasteiger partial charge on any atom is -0.370 e. The lowest BCUT2D eigenvalue weighted by molar-refractivity contribution is 0.460. The van der Waals surface area contributed by atoms with Crippen LogP contribution in [0.25, 0.3) is 10.9 Å². The molecule has 0 aliphatic carbocycles. The van der Waals surface area contributed by atoms with Crippen molar-refractivity contribution in [3.05, 3.63) is 65.4 Å². The predicted molar refractivity (Wildman–Crippen MR) is 118 cm³/mol. The van der Waals surface area contributed by atoms with Crippen LogP contribution < -0.4 is 9.62 Å². The number of hydrogen-bond donors (Lipinski definition) is 1. The van der Waals surface area contributed by atoms with Gasteiger partial charge in [-0.05, 0) is 50.5 Å². The van der Waals surface area contributed by atoms with E-state index in [2.05, 4.69) is 32.8 Å². The number of nitrogens with zero attached hydrogens (tertiary/aromatic N) is 3. The Morgan fingerprint density at radius 3 is 2.50 bits per heavy atom. The van der Waals surface area contributed by atoms with Gasteiger partial charge in [0.05, 0.1) is 21.7 Å². The van der Waals surface area contributed by atoms with Gasteiger partial charge in [-0.15, -0.1) is 0 Å². The summed E-state index contributed by atoms with van der Waals surface area (Å²) in [5.41, 5.74) is 4.57. The van der Waals surface area contributed by atoms with Gasteiger partial charge in [0.2, 0.25) is 10.0 Å². The van der Waals surface area contributed by atoms with Crippen molar-refractivity contribution in [2.24, 2.45) is 0 Å². The van der Waals surface area contributed by atoms with E-state index in [1.54, 1.807) is 36.5 Å². The van der Waals surface area contributed by atoms with Crippen molar-refractivity contribution in [3.63, 3.8) is 0 Å². The quantitative estimate of drug-likeness (QED) is 0.696. The number of aromatic nitrogens is 1. The van der Waals surface area contributed by atoms with Gasteiger partial charge in [0.15, 0.2) is 0 Å². The maximum Gasteiger partial charge on any atom is 0.240 e. The number of fused-ring (bicyclic) bond motifs is 1. The first-order valence-electron chi connectivity index (χ1n) is 10.0. The Bertz CT molecular complexity index is 1230. The second-order valence-electron chi connectivity index (χ2n) is 7.81. The Hall–Kier alpha value is -2.95. The Balaban J connectivity index is 1.58. The maximum absolute atomic E-state index is 12.6. The molecule has 1 saturated heterocycles. The molecule has 1 N–H and O–H groups in total. The lowest BCUT2D eigenvalue weighted by Crippen LogP contribution is -2.44. The molecule has 30 heavy (non-hydrogen) atoms. The van der Waals surface area contributed by atoms with E-state index in [-0.39, 0.29) is 10.9 Å². The number of piperidine rings is 1. The first-order chi connectivity index (χ1) is 14.4. The van der Waals surface area contributed by atoms with Gasteiger partial charge in [0.1, 0.15) is 6.07 Å². The summed E-state index contributed by atoms with van der Waals surface area (Å²) in [6, 6.07) is 14.8. The Morgan fingerprint density at radius 1 is 1.13 bits per heavy atom. The van der Waals surface area contributed by atoms with Gasteiger partial charge in [0, 0.05) is 30.7 Å². The first kappa shape index (κ1) is 20.3. The number of rotatable bonds is 4. The van der Waals surface area contributed by atoms with Crippen molar-refractivity contribution in [1.82, 2.24) is 9.71 Å². The number of anilines is 1. The smallest absolute Gasteiger partial charge is 0.240 e. The summed E-state index contributed by atoms with van der Waals surface area (Å²) in [4.78, 5) is 6.98. The predicted octanol–water partition coefficient (Wildman–Crippen LogP) is 3.67. The molecule has 0 spiro atoms. The number of nitrogens with one attached hydrogen (secondary N) is 1. The molecule has 2 aromatic carbocycles.